The van der Waals surface area contributed by atoms with E-state index < -0.39 is 0 Å². The summed E-state index contributed by atoms with van der Waals surface area (Å²) >= 11 is 0. The molecule has 1 aliphatic carbocycles. The molecule has 8 heavy (non-hydrogen) atoms. The molecule has 44 valence electrons. The van der Waals surface area contributed by atoms with Gasteiger partial charge in [0.25, 0.3) is 0 Å². The molecule has 0 aromatic carbocycles. The van der Waals surface area contributed by atoms with Crippen molar-refractivity contribution in [2.24, 2.45) is 11.8 Å². The van der Waals surface area contributed by atoms with Crippen LogP contribution < -0.4 is 0 Å². The quantitative estimate of drug-likeness (QED) is 0.426. The third-order valence-electron chi connectivity index (χ3n) is 1.91. The van der Waals surface area contributed by atoms with E-state index in [0.29, 0.717) is 0 Å². The van der Waals surface area contributed by atoms with Gasteiger partial charge in [0.15, 0.2) is 0 Å². The van der Waals surface area contributed by atoms with Gasteiger partial charge in [-0.15, -0.1) is 0 Å². The summed E-state index contributed by atoms with van der Waals surface area (Å²) in [5.74, 6) is 1.77. The fourth-order valence-corrected chi connectivity index (χ4v) is 1.22. The molecule has 1 nitrogen and oxygen atoms in total. The summed E-state index contributed by atoms with van der Waals surface area (Å²) in [7, 11) is 0. The minimum atomic E-state index is 0.840. The van der Waals surface area contributed by atoms with Gasteiger partial charge >= 0.3 is 0 Å². The normalized spacial score (nSPS) is 43.0. The van der Waals surface area contributed by atoms with Crippen LogP contribution in [0.4, 0.5) is 0 Å². The molecule has 1 heteroatoms. The van der Waals surface area contributed by atoms with Crippen molar-refractivity contribution < 1.29 is 4.74 Å². The SMILES string of the molecule is C1=C[C@@H]2C[C@@H]2COC1. The highest BCUT2D eigenvalue weighted by atomic mass is 16.5. The van der Waals surface area contributed by atoms with E-state index >= 15 is 0 Å². The van der Waals surface area contributed by atoms with Crippen molar-refractivity contribution in [2.45, 2.75) is 6.42 Å². The first-order valence-electron chi connectivity index (χ1n) is 3.21. The smallest absolute Gasteiger partial charge is 0.0647 e. The van der Waals surface area contributed by atoms with Crippen LogP contribution in [0.25, 0.3) is 0 Å². The summed E-state index contributed by atoms with van der Waals surface area (Å²) < 4.78 is 5.26. The van der Waals surface area contributed by atoms with Crippen LogP contribution in [-0.4, -0.2) is 13.2 Å². The zero-order chi connectivity index (χ0) is 5.40. The first kappa shape index (κ1) is 4.57. The molecule has 1 aliphatic heterocycles. The molecule has 0 saturated heterocycles. The first-order chi connectivity index (χ1) is 3.97. The first-order valence-corrected chi connectivity index (χ1v) is 3.21. The lowest BCUT2D eigenvalue weighted by atomic mass is 10.3. The zero-order valence-electron chi connectivity index (χ0n) is 4.84. The van der Waals surface area contributed by atoms with E-state index in [-0.39, 0.29) is 0 Å². The summed E-state index contributed by atoms with van der Waals surface area (Å²) in [6.07, 6.45) is 5.80. The van der Waals surface area contributed by atoms with Gasteiger partial charge in [-0.05, 0) is 18.3 Å². The van der Waals surface area contributed by atoms with Crippen LogP contribution in [0.1, 0.15) is 6.42 Å². The number of allylic oxidation sites excluding steroid dienone is 1. The van der Waals surface area contributed by atoms with Crippen LogP contribution in [0.2, 0.25) is 0 Å². The predicted octanol–water partition coefficient (Wildman–Crippen LogP) is 1.21. The Balaban J connectivity index is 2.03. The lowest BCUT2D eigenvalue weighted by Crippen LogP contribution is -1.93. The fraction of sp³-hybridized carbons (Fsp3) is 0.714. The lowest BCUT2D eigenvalue weighted by molar-refractivity contribution is 0.153. The molecule has 1 heterocycles. The second kappa shape index (κ2) is 1.59. The van der Waals surface area contributed by atoms with Gasteiger partial charge in [-0.3, -0.25) is 0 Å². The molecule has 0 N–H and O–H groups in total. The van der Waals surface area contributed by atoms with Crippen LogP contribution in [-0.2, 0) is 4.74 Å². The van der Waals surface area contributed by atoms with Gasteiger partial charge in [0.2, 0.25) is 0 Å². The van der Waals surface area contributed by atoms with Gasteiger partial charge in [0.05, 0.1) is 13.2 Å². The molecular weight excluding hydrogens is 100 g/mol. The van der Waals surface area contributed by atoms with Gasteiger partial charge in [-0.2, -0.15) is 0 Å². The lowest BCUT2D eigenvalue weighted by Gasteiger charge is -1.93. The molecule has 0 spiro atoms. The van der Waals surface area contributed by atoms with E-state index in [1.54, 1.807) is 0 Å². The summed E-state index contributed by atoms with van der Waals surface area (Å²) in [4.78, 5) is 0. The van der Waals surface area contributed by atoms with Gasteiger partial charge in [-0.1, -0.05) is 12.2 Å². The van der Waals surface area contributed by atoms with Crippen LogP contribution in [0.5, 0.6) is 0 Å². The summed E-state index contributed by atoms with van der Waals surface area (Å²) in [5, 5.41) is 0. The van der Waals surface area contributed by atoms with Gasteiger partial charge in [0.1, 0.15) is 0 Å². The summed E-state index contributed by atoms with van der Waals surface area (Å²) in [5.41, 5.74) is 0. The predicted molar refractivity (Wildman–Crippen MR) is 31.6 cm³/mol. The molecule has 2 atom stereocenters. The molecule has 0 aromatic heterocycles. The van der Waals surface area contributed by atoms with Gasteiger partial charge < -0.3 is 4.74 Å². The highest BCUT2D eigenvalue weighted by Crippen LogP contribution is 2.40. The van der Waals surface area contributed by atoms with Crippen molar-refractivity contribution in [1.29, 1.82) is 0 Å². The monoisotopic (exact) mass is 110 g/mol. The largest absolute Gasteiger partial charge is 0.377 e. The van der Waals surface area contributed by atoms with Crippen LogP contribution in [0.3, 0.4) is 0 Å². The Labute approximate surface area is 49.3 Å². The molecule has 0 aromatic rings. The Morgan fingerprint density at radius 3 is 3.50 bits per heavy atom. The molecule has 0 bridgehead atoms. The van der Waals surface area contributed by atoms with E-state index in [1.807, 2.05) is 0 Å². The maximum atomic E-state index is 5.26. The van der Waals surface area contributed by atoms with Crippen molar-refractivity contribution in [3.8, 4) is 0 Å². The Kier molecular flexibility index (Phi) is 0.908. The van der Waals surface area contributed by atoms with E-state index in [9.17, 15) is 0 Å². The molecular formula is C7H10O. The number of fused-ring (bicyclic) bond motifs is 1. The highest BCUT2D eigenvalue weighted by Gasteiger charge is 2.35. The fourth-order valence-electron chi connectivity index (χ4n) is 1.22. The molecule has 0 unspecified atom stereocenters. The van der Waals surface area contributed by atoms with E-state index in [1.165, 1.54) is 6.42 Å². The molecule has 2 aliphatic rings. The molecule has 2 rings (SSSR count). The Morgan fingerprint density at radius 1 is 1.50 bits per heavy atom. The standard InChI is InChI=1S/C7H10O/c1-2-6-4-7(6)5-8-3-1/h1-2,6-7H,3-5H2/t6-,7-/m1/s1. The average Bonchev–Trinajstić information content (AvgIpc) is 2.36. The Hall–Kier alpha value is -0.300. The Bertz CT molecular complexity index is 118. The van der Waals surface area contributed by atoms with Gasteiger partial charge in [-0.25, -0.2) is 0 Å². The van der Waals surface area contributed by atoms with Crippen LogP contribution in [0, 0.1) is 11.8 Å². The highest BCUT2D eigenvalue weighted by molar-refractivity contribution is 5.03. The second-order valence-corrected chi connectivity index (χ2v) is 2.63. The number of hydrogen-bond acceptors (Lipinski definition) is 1. The minimum Gasteiger partial charge on any atom is -0.377 e. The average molecular weight is 110 g/mol. The van der Waals surface area contributed by atoms with Gasteiger partial charge in [0, 0.05) is 0 Å². The molecule has 1 saturated carbocycles. The molecule has 0 radical (unpaired) electrons. The van der Waals surface area contributed by atoms with Crippen molar-refractivity contribution >= 4 is 0 Å². The van der Waals surface area contributed by atoms with Crippen molar-refractivity contribution in [3.05, 3.63) is 12.2 Å². The second-order valence-electron chi connectivity index (χ2n) is 2.63. The minimum absolute atomic E-state index is 0.840. The topological polar surface area (TPSA) is 9.23 Å². The molecule has 1 fully saturated rings. The number of rotatable bonds is 0. The third-order valence-corrected chi connectivity index (χ3v) is 1.91. The van der Waals surface area contributed by atoms with Crippen molar-refractivity contribution in [1.82, 2.24) is 0 Å². The van der Waals surface area contributed by atoms with Crippen LogP contribution in [0.15, 0.2) is 12.2 Å². The van der Waals surface area contributed by atoms with Crippen LogP contribution >= 0.6 is 0 Å². The van der Waals surface area contributed by atoms with E-state index in [4.69, 9.17) is 4.74 Å². The van der Waals surface area contributed by atoms with E-state index in [0.717, 1.165) is 25.0 Å². The van der Waals surface area contributed by atoms with E-state index in [2.05, 4.69) is 12.2 Å². The number of ether oxygens (including phenoxy) is 1. The Morgan fingerprint density at radius 2 is 2.50 bits per heavy atom. The van der Waals surface area contributed by atoms with Crippen molar-refractivity contribution in [2.75, 3.05) is 13.2 Å². The maximum Gasteiger partial charge on any atom is 0.0647 e. The zero-order valence-corrected chi connectivity index (χ0v) is 4.84. The maximum absolute atomic E-state index is 5.26. The summed E-state index contributed by atoms with van der Waals surface area (Å²) in [6.45, 7) is 1.84. The molecule has 0 amide bonds. The summed E-state index contributed by atoms with van der Waals surface area (Å²) in [6, 6.07) is 0. The number of hydrogen-bond donors (Lipinski definition) is 0. The van der Waals surface area contributed by atoms with Crippen molar-refractivity contribution in [3.63, 3.8) is 0 Å². The third kappa shape index (κ3) is 0.671.